The van der Waals surface area contributed by atoms with E-state index in [0.717, 1.165) is 19.4 Å². The SMILES string of the molecule is COc1ccccc1NC(=O)N1CC2CCC(O)C2C1. The number of hydrogen-bond acceptors (Lipinski definition) is 3. The third kappa shape index (κ3) is 2.33. The molecule has 1 saturated heterocycles. The Morgan fingerprint density at radius 1 is 1.35 bits per heavy atom. The number of hydrogen-bond donors (Lipinski definition) is 2. The van der Waals surface area contributed by atoms with Gasteiger partial charge < -0.3 is 20.1 Å². The molecule has 1 aromatic carbocycles. The van der Waals surface area contributed by atoms with Gasteiger partial charge in [0, 0.05) is 19.0 Å². The highest BCUT2D eigenvalue weighted by Gasteiger charge is 2.43. The van der Waals surface area contributed by atoms with E-state index in [1.165, 1.54) is 0 Å². The van der Waals surface area contributed by atoms with Crippen LogP contribution in [0.2, 0.25) is 0 Å². The molecule has 3 rings (SSSR count). The Hall–Kier alpha value is -1.75. The van der Waals surface area contributed by atoms with Crippen molar-refractivity contribution in [3.8, 4) is 5.75 Å². The first kappa shape index (κ1) is 13.2. The van der Waals surface area contributed by atoms with Crippen LogP contribution in [0, 0.1) is 11.8 Å². The Morgan fingerprint density at radius 3 is 2.90 bits per heavy atom. The predicted molar refractivity (Wildman–Crippen MR) is 75.8 cm³/mol. The number of nitrogens with zero attached hydrogens (tertiary/aromatic N) is 1. The second kappa shape index (κ2) is 5.32. The van der Waals surface area contributed by atoms with E-state index in [1.807, 2.05) is 24.3 Å². The van der Waals surface area contributed by atoms with Crippen LogP contribution in [0.3, 0.4) is 0 Å². The number of methoxy groups -OCH3 is 1. The van der Waals surface area contributed by atoms with Gasteiger partial charge in [0.1, 0.15) is 5.75 Å². The van der Waals surface area contributed by atoms with Crippen molar-refractivity contribution in [1.29, 1.82) is 0 Å². The Morgan fingerprint density at radius 2 is 2.15 bits per heavy atom. The Bertz CT molecular complexity index is 506. The lowest BCUT2D eigenvalue weighted by atomic mass is 10.00. The standard InChI is InChI=1S/C15H20N2O3/c1-20-14-5-3-2-4-12(14)16-15(19)17-8-10-6-7-13(18)11(10)9-17/h2-5,10-11,13,18H,6-9H2,1H3,(H,16,19). The summed E-state index contributed by atoms with van der Waals surface area (Å²) in [4.78, 5) is 14.1. The minimum absolute atomic E-state index is 0.115. The fourth-order valence-electron chi connectivity index (χ4n) is 3.34. The zero-order chi connectivity index (χ0) is 14.1. The van der Waals surface area contributed by atoms with Gasteiger partial charge in [0.2, 0.25) is 0 Å². The number of urea groups is 1. The number of ether oxygens (including phenoxy) is 1. The highest BCUT2D eigenvalue weighted by Crippen LogP contribution is 2.38. The number of aliphatic hydroxyl groups is 1. The molecule has 0 radical (unpaired) electrons. The molecule has 1 saturated carbocycles. The van der Waals surface area contributed by atoms with Gasteiger partial charge in [-0.3, -0.25) is 0 Å². The van der Waals surface area contributed by atoms with E-state index in [1.54, 1.807) is 12.0 Å². The van der Waals surface area contributed by atoms with E-state index in [-0.39, 0.29) is 18.1 Å². The number of nitrogens with one attached hydrogen (secondary N) is 1. The van der Waals surface area contributed by atoms with E-state index in [0.29, 0.717) is 23.9 Å². The number of rotatable bonds is 2. The topological polar surface area (TPSA) is 61.8 Å². The molecule has 0 bridgehead atoms. The summed E-state index contributed by atoms with van der Waals surface area (Å²) in [7, 11) is 1.58. The van der Waals surface area contributed by atoms with Crippen molar-refractivity contribution in [2.45, 2.75) is 18.9 Å². The molecule has 2 aliphatic rings. The average molecular weight is 276 g/mol. The van der Waals surface area contributed by atoms with E-state index >= 15 is 0 Å². The van der Waals surface area contributed by atoms with Crippen molar-refractivity contribution in [3.63, 3.8) is 0 Å². The van der Waals surface area contributed by atoms with Gasteiger partial charge in [-0.1, -0.05) is 12.1 Å². The van der Waals surface area contributed by atoms with Crippen LogP contribution >= 0.6 is 0 Å². The van der Waals surface area contributed by atoms with Gasteiger partial charge in [0.25, 0.3) is 0 Å². The van der Waals surface area contributed by atoms with Gasteiger partial charge in [-0.15, -0.1) is 0 Å². The van der Waals surface area contributed by atoms with Gasteiger partial charge in [-0.25, -0.2) is 4.79 Å². The molecule has 2 amide bonds. The Kier molecular flexibility index (Phi) is 3.53. The number of carbonyl (C=O) groups is 1. The lowest BCUT2D eigenvalue weighted by molar-refractivity contribution is 0.127. The van der Waals surface area contributed by atoms with Gasteiger partial charge in [0.15, 0.2) is 0 Å². The molecule has 1 aliphatic carbocycles. The third-order valence-corrected chi connectivity index (χ3v) is 4.45. The number of benzene rings is 1. The summed E-state index contributed by atoms with van der Waals surface area (Å²) >= 11 is 0. The first-order valence-corrected chi connectivity index (χ1v) is 7.06. The molecule has 108 valence electrons. The number of para-hydroxylation sites is 2. The molecule has 2 N–H and O–H groups in total. The quantitative estimate of drug-likeness (QED) is 0.867. The van der Waals surface area contributed by atoms with Crippen molar-refractivity contribution in [1.82, 2.24) is 4.90 Å². The maximum atomic E-state index is 12.3. The Labute approximate surface area is 118 Å². The fourth-order valence-corrected chi connectivity index (χ4v) is 3.34. The molecular formula is C15H20N2O3. The van der Waals surface area contributed by atoms with E-state index in [4.69, 9.17) is 4.74 Å². The Balaban J connectivity index is 1.66. The van der Waals surface area contributed by atoms with Gasteiger partial charge in [0.05, 0.1) is 18.9 Å². The van der Waals surface area contributed by atoms with Crippen molar-refractivity contribution in [2.24, 2.45) is 11.8 Å². The molecule has 0 aromatic heterocycles. The predicted octanol–water partition coefficient (Wildman–Crippen LogP) is 1.93. The lowest BCUT2D eigenvalue weighted by Crippen LogP contribution is -2.34. The van der Waals surface area contributed by atoms with Gasteiger partial charge in [-0.05, 0) is 30.9 Å². The van der Waals surface area contributed by atoms with E-state index in [2.05, 4.69) is 5.32 Å². The normalized spacial score (nSPS) is 28.3. The first-order chi connectivity index (χ1) is 9.69. The maximum Gasteiger partial charge on any atom is 0.321 e. The number of aliphatic hydroxyl groups excluding tert-OH is 1. The number of fused-ring (bicyclic) bond motifs is 1. The molecule has 1 aliphatic heterocycles. The zero-order valence-electron chi connectivity index (χ0n) is 11.6. The second-order valence-corrected chi connectivity index (χ2v) is 5.60. The van der Waals surface area contributed by atoms with Gasteiger partial charge >= 0.3 is 6.03 Å². The molecule has 2 fully saturated rings. The van der Waals surface area contributed by atoms with Crippen LogP contribution in [0.4, 0.5) is 10.5 Å². The van der Waals surface area contributed by atoms with Crippen LogP contribution in [0.5, 0.6) is 5.75 Å². The fraction of sp³-hybridized carbons (Fsp3) is 0.533. The molecule has 1 heterocycles. The number of amides is 2. The first-order valence-electron chi connectivity index (χ1n) is 7.06. The van der Waals surface area contributed by atoms with E-state index in [9.17, 15) is 9.90 Å². The summed E-state index contributed by atoms with van der Waals surface area (Å²) in [6.45, 7) is 1.38. The molecule has 5 nitrogen and oxygen atoms in total. The van der Waals surface area contributed by atoms with Gasteiger partial charge in [-0.2, -0.15) is 0 Å². The summed E-state index contributed by atoms with van der Waals surface area (Å²) in [6.07, 6.45) is 1.64. The van der Waals surface area contributed by atoms with E-state index < -0.39 is 0 Å². The minimum Gasteiger partial charge on any atom is -0.495 e. The monoisotopic (exact) mass is 276 g/mol. The van der Waals surface area contributed by atoms with Crippen molar-refractivity contribution in [2.75, 3.05) is 25.5 Å². The summed E-state index contributed by atoms with van der Waals surface area (Å²) in [5.74, 6) is 1.35. The van der Waals surface area contributed by atoms with Crippen LogP contribution in [0.25, 0.3) is 0 Å². The number of anilines is 1. The molecular weight excluding hydrogens is 256 g/mol. The van der Waals surface area contributed by atoms with Crippen LogP contribution in [0.1, 0.15) is 12.8 Å². The molecule has 20 heavy (non-hydrogen) atoms. The van der Waals surface area contributed by atoms with Crippen molar-refractivity contribution in [3.05, 3.63) is 24.3 Å². The summed E-state index contributed by atoms with van der Waals surface area (Å²) in [5.41, 5.74) is 0.678. The van der Waals surface area contributed by atoms with Crippen molar-refractivity contribution >= 4 is 11.7 Å². The lowest BCUT2D eigenvalue weighted by Gasteiger charge is -2.20. The molecule has 0 spiro atoms. The van der Waals surface area contributed by atoms with Crippen LogP contribution < -0.4 is 10.1 Å². The molecule has 3 unspecified atom stereocenters. The molecule has 5 heteroatoms. The second-order valence-electron chi connectivity index (χ2n) is 5.60. The highest BCUT2D eigenvalue weighted by molar-refractivity contribution is 5.91. The summed E-state index contributed by atoms with van der Waals surface area (Å²) < 4.78 is 5.23. The molecule has 3 atom stereocenters. The average Bonchev–Trinajstić information content (AvgIpc) is 3.02. The smallest absolute Gasteiger partial charge is 0.321 e. The number of carbonyl (C=O) groups excluding carboxylic acids is 1. The van der Waals surface area contributed by atoms with Crippen LogP contribution in [-0.4, -0.2) is 42.3 Å². The minimum atomic E-state index is -0.246. The molecule has 1 aromatic rings. The van der Waals surface area contributed by atoms with Crippen molar-refractivity contribution < 1.29 is 14.6 Å². The third-order valence-electron chi connectivity index (χ3n) is 4.45. The van der Waals surface area contributed by atoms with Crippen LogP contribution in [-0.2, 0) is 0 Å². The van der Waals surface area contributed by atoms with Crippen LogP contribution in [0.15, 0.2) is 24.3 Å². The zero-order valence-corrected chi connectivity index (χ0v) is 11.6. The summed E-state index contributed by atoms with van der Waals surface area (Å²) in [6, 6.07) is 7.25. The largest absolute Gasteiger partial charge is 0.495 e. The maximum absolute atomic E-state index is 12.3. The highest BCUT2D eigenvalue weighted by atomic mass is 16.5. The number of likely N-dealkylation sites (tertiary alicyclic amines) is 1. The summed E-state index contributed by atoms with van der Waals surface area (Å²) in [5, 5.41) is 12.8.